The Morgan fingerprint density at radius 3 is 0.833 bits per heavy atom. The van der Waals surface area contributed by atoms with Crippen LogP contribution in [-0.2, 0) is 38.7 Å². The number of hydrogen-bond donors (Lipinski definition) is 1. The Hall–Kier alpha value is -1.60. The topological polar surface area (TPSA) is 20.2 Å². The zero-order valence-electron chi connectivity index (χ0n) is 16.2. The monoisotopic (exact) mass is 326 g/mol. The number of rotatable bonds is 6. The molecule has 0 aliphatic carbocycles. The predicted octanol–water partition coefficient (Wildman–Crippen LogP) is 5.68. The number of aryl methyl sites for hydroxylation is 5. The summed E-state index contributed by atoms with van der Waals surface area (Å²) in [6.45, 7) is 11.1. The third-order valence-electron chi connectivity index (χ3n) is 4.45. The van der Waals surface area contributed by atoms with Gasteiger partial charge < -0.3 is 5.11 Å². The summed E-state index contributed by atoms with van der Waals surface area (Å²) in [7, 11) is 0. The fraction of sp³-hybridized carbons (Fsp3) is 0.478. The summed E-state index contributed by atoms with van der Waals surface area (Å²) in [6, 6.07) is 13.3. The molecule has 0 amide bonds. The van der Waals surface area contributed by atoms with Gasteiger partial charge in [0.05, 0.1) is 6.61 Å². The van der Waals surface area contributed by atoms with Gasteiger partial charge in [0.15, 0.2) is 0 Å². The molecule has 0 aromatic heterocycles. The van der Waals surface area contributed by atoms with E-state index >= 15 is 0 Å². The molecule has 0 heterocycles. The first-order chi connectivity index (χ1) is 11.6. The Morgan fingerprint density at radius 2 is 0.667 bits per heavy atom. The maximum atomic E-state index is 8.98. The number of aliphatic hydroxyl groups is 1. The summed E-state index contributed by atoms with van der Waals surface area (Å²) in [5, 5.41) is 8.98. The molecule has 0 saturated carbocycles. The van der Waals surface area contributed by atoms with Crippen molar-refractivity contribution >= 4 is 0 Å². The van der Waals surface area contributed by atoms with Gasteiger partial charge in [0, 0.05) is 0 Å². The van der Waals surface area contributed by atoms with Crippen LogP contribution in [0.1, 0.15) is 68.0 Å². The molecule has 24 heavy (non-hydrogen) atoms. The summed E-state index contributed by atoms with van der Waals surface area (Å²) < 4.78 is 0. The van der Waals surface area contributed by atoms with Crippen molar-refractivity contribution in [3.63, 3.8) is 0 Å². The summed E-state index contributed by atoms with van der Waals surface area (Å²) in [5.74, 6) is 0. The standard InChI is InChI=1S/C12H18.C11H16O/c1-4-10-7-11(5-2)9-12(6-3)8-10;1-3-9-5-10(4-2)7-11(6-9)8-12/h7-9H,4-6H2,1-3H3;5-7,12H,3-4,8H2,1-2H3. The molecule has 0 saturated heterocycles. The first kappa shape index (κ1) is 20.4. The third kappa shape index (κ3) is 6.49. The van der Waals surface area contributed by atoms with Gasteiger partial charge in [-0.25, -0.2) is 0 Å². The summed E-state index contributed by atoms with van der Waals surface area (Å²) in [6.07, 6.45) is 5.55. The summed E-state index contributed by atoms with van der Waals surface area (Å²) in [5.41, 5.74) is 8.10. The van der Waals surface area contributed by atoms with Crippen molar-refractivity contribution in [1.82, 2.24) is 0 Å². The highest BCUT2D eigenvalue weighted by atomic mass is 16.3. The fourth-order valence-corrected chi connectivity index (χ4v) is 2.79. The second kappa shape index (κ2) is 11.0. The minimum atomic E-state index is 0.154. The predicted molar refractivity (Wildman–Crippen MR) is 106 cm³/mol. The van der Waals surface area contributed by atoms with E-state index in [1.807, 2.05) is 0 Å². The van der Waals surface area contributed by atoms with E-state index in [-0.39, 0.29) is 6.61 Å². The Bertz CT molecular complexity index is 447. The quantitative estimate of drug-likeness (QED) is 0.724. The average Bonchev–Trinajstić information content (AvgIpc) is 2.67. The Morgan fingerprint density at radius 1 is 0.458 bits per heavy atom. The van der Waals surface area contributed by atoms with Gasteiger partial charge in [-0.05, 0) is 65.5 Å². The van der Waals surface area contributed by atoms with E-state index in [0.717, 1.165) is 37.7 Å². The second-order valence-electron chi connectivity index (χ2n) is 6.24. The van der Waals surface area contributed by atoms with Crippen LogP contribution in [0, 0.1) is 0 Å². The number of benzene rings is 2. The first-order valence-electron chi connectivity index (χ1n) is 9.44. The molecule has 2 aromatic rings. The van der Waals surface area contributed by atoms with Crippen LogP contribution in [0.15, 0.2) is 36.4 Å². The Labute approximate surface area is 148 Å². The normalized spacial score (nSPS) is 10.2. The zero-order valence-corrected chi connectivity index (χ0v) is 16.2. The lowest BCUT2D eigenvalue weighted by molar-refractivity contribution is 0.281. The van der Waals surface area contributed by atoms with Crippen molar-refractivity contribution in [3.8, 4) is 0 Å². The molecule has 0 unspecified atom stereocenters. The molecular formula is C23H34O. The fourth-order valence-electron chi connectivity index (χ4n) is 2.79. The van der Waals surface area contributed by atoms with Gasteiger partial charge in [0.1, 0.15) is 0 Å². The number of aliphatic hydroxyl groups excluding tert-OH is 1. The van der Waals surface area contributed by atoms with Crippen LogP contribution in [0.3, 0.4) is 0 Å². The van der Waals surface area contributed by atoms with Crippen molar-refractivity contribution in [2.45, 2.75) is 73.3 Å². The van der Waals surface area contributed by atoms with E-state index in [4.69, 9.17) is 5.11 Å². The first-order valence-corrected chi connectivity index (χ1v) is 9.44. The van der Waals surface area contributed by atoms with Crippen molar-refractivity contribution in [2.24, 2.45) is 0 Å². The SMILES string of the molecule is CCc1cc(CC)cc(CC)c1.CCc1cc(CC)cc(CO)c1. The van der Waals surface area contributed by atoms with Crippen LogP contribution in [-0.4, -0.2) is 5.11 Å². The molecule has 1 heteroatoms. The minimum absolute atomic E-state index is 0.154. The molecule has 0 fully saturated rings. The highest BCUT2D eigenvalue weighted by Gasteiger charge is 1.97. The maximum Gasteiger partial charge on any atom is 0.0682 e. The van der Waals surface area contributed by atoms with Gasteiger partial charge in [-0.3, -0.25) is 0 Å². The average molecular weight is 327 g/mol. The molecule has 2 rings (SSSR count). The third-order valence-corrected chi connectivity index (χ3v) is 4.45. The maximum absolute atomic E-state index is 8.98. The van der Waals surface area contributed by atoms with Gasteiger partial charge >= 0.3 is 0 Å². The van der Waals surface area contributed by atoms with E-state index < -0.39 is 0 Å². The largest absolute Gasteiger partial charge is 0.392 e. The van der Waals surface area contributed by atoms with Gasteiger partial charge in [-0.1, -0.05) is 71.0 Å². The second-order valence-corrected chi connectivity index (χ2v) is 6.24. The highest BCUT2D eigenvalue weighted by Crippen LogP contribution is 2.12. The van der Waals surface area contributed by atoms with Gasteiger partial charge in [0.2, 0.25) is 0 Å². The van der Waals surface area contributed by atoms with Crippen LogP contribution >= 0.6 is 0 Å². The lowest BCUT2D eigenvalue weighted by Gasteiger charge is -2.05. The zero-order chi connectivity index (χ0) is 17.9. The van der Waals surface area contributed by atoms with E-state index in [1.165, 1.54) is 27.8 Å². The molecule has 1 nitrogen and oxygen atoms in total. The minimum Gasteiger partial charge on any atom is -0.392 e. The van der Waals surface area contributed by atoms with E-state index in [1.54, 1.807) is 0 Å². The lowest BCUT2D eigenvalue weighted by atomic mass is 10.0. The molecule has 0 aliphatic rings. The van der Waals surface area contributed by atoms with Crippen LogP contribution < -0.4 is 0 Å². The molecule has 0 spiro atoms. The summed E-state index contributed by atoms with van der Waals surface area (Å²) >= 11 is 0. The van der Waals surface area contributed by atoms with Crippen LogP contribution in [0.25, 0.3) is 0 Å². The van der Waals surface area contributed by atoms with Crippen molar-refractivity contribution in [2.75, 3.05) is 0 Å². The lowest BCUT2D eigenvalue weighted by Crippen LogP contribution is -1.91. The molecule has 132 valence electrons. The molecule has 0 bridgehead atoms. The van der Waals surface area contributed by atoms with Crippen molar-refractivity contribution in [1.29, 1.82) is 0 Å². The summed E-state index contributed by atoms with van der Waals surface area (Å²) in [4.78, 5) is 0. The van der Waals surface area contributed by atoms with E-state index in [2.05, 4.69) is 71.0 Å². The van der Waals surface area contributed by atoms with E-state index in [9.17, 15) is 0 Å². The molecule has 0 atom stereocenters. The molecule has 1 N–H and O–H groups in total. The molecular weight excluding hydrogens is 292 g/mol. The molecule has 2 aromatic carbocycles. The van der Waals surface area contributed by atoms with Crippen LogP contribution in [0.4, 0.5) is 0 Å². The van der Waals surface area contributed by atoms with Gasteiger partial charge in [-0.2, -0.15) is 0 Å². The molecule has 0 radical (unpaired) electrons. The van der Waals surface area contributed by atoms with Gasteiger partial charge in [0.25, 0.3) is 0 Å². The van der Waals surface area contributed by atoms with Crippen LogP contribution in [0.5, 0.6) is 0 Å². The van der Waals surface area contributed by atoms with E-state index in [0.29, 0.717) is 0 Å². The van der Waals surface area contributed by atoms with Crippen molar-refractivity contribution < 1.29 is 5.11 Å². The van der Waals surface area contributed by atoms with Gasteiger partial charge in [-0.15, -0.1) is 0 Å². The van der Waals surface area contributed by atoms with Crippen LogP contribution in [0.2, 0.25) is 0 Å². The Kier molecular flexibility index (Phi) is 9.41. The molecule has 0 aliphatic heterocycles. The smallest absolute Gasteiger partial charge is 0.0682 e. The van der Waals surface area contributed by atoms with Crippen molar-refractivity contribution in [3.05, 3.63) is 69.8 Å². The number of hydrogen-bond acceptors (Lipinski definition) is 1. The highest BCUT2D eigenvalue weighted by molar-refractivity contribution is 5.30. The Balaban J connectivity index is 0.000000240.